The number of hydrogen-bond donors (Lipinski definition) is 1. The summed E-state index contributed by atoms with van der Waals surface area (Å²) >= 11 is 1.65. The quantitative estimate of drug-likeness (QED) is 0.891. The zero-order valence-electron chi connectivity index (χ0n) is 12.3. The fourth-order valence-corrected chi connectivity index (χ4v) is 3.36. The third-order valence-corrected chi connectivity index (χ3v) is 4.30. The highest BCUT2D eigenvalue weighted by Gasteiger charge is 2.20. The van der Waals surface area contributed by atoms with E-state index in [2.05, 4.69) is 12.2 Å². The van der Waals surface area contributed by atoms with Crippen LogP contribution in [0.3, 0.4) is 0 Å². The van der Waals surface area contributed by atoms with Gasteiger partial charge in [0.05, 0.1) is 18.0 Å². The largest absolute Gasteiger partial charge is 0.496 e. The fraction of sp³-hybridized carbons (Fsp3) is 0.375. The summed E-state index contributed by atoms with van der Waals surface area (Å²) in [5.74, 6) is 0.753. The average molecular weight is 293 g/mol. The maximum absolute atomic E-state index is 13.8. The molecule has 0 saturated heterocycles. The van der Waals surface area contributed by atoms with E-state index < -0.39 is 0 Å². The van der Waals surface area contributed by atoms with Crippen molar-refractivity contribution in [1.29, 1.82) is 0 Å². The lowest BCUT2D eigenvalue weighted by Crippen LogP contribution is -2.22. The van der Waals surface area contributed by atoms with E-state index in [9.17, 15) is 4.39 Å². The highest BCUT2D eigenvalue weighted by molar-refractivity contribution is 7.10. The maximum Gasteiger partial charge on any atom is 0.134 e. The highest BCUT2D eigenvalue weighted by atomic mass is 32.1. The van der Waals surface area contributed by atoms with Gasteiger partial charge in [0, 0.05) is 0 Å². The second-order valence-electron chi connectivity index (χ2n) is 4.81. The van der Waals surface area contributed by atoms with Crippen LogP contribution < -0.4 is 10.1 Å². The Morgan fingerprint density at radius 3 is 2.50 bits per heavy atom. The molecule has 20 heavy (non-hydrogen) atoms. The van der Waals surface area contributed by atoms with Gasteiger partial charge in [-0.3, -0.25) is 0 Å². The monoisotopic (exact) mass is 293 g/mol. The number of hydrogen-bond acceptors (Lipinski definition) is 3. The SMILES string of the molecule is CCNC(c1cc(C)c(F)c(C)c1)c1sccc1OC. The molecular weight excluding hydrogens is 273 g/mol. The van der Waals surface area contributed by atoms with E-state index in [-0.39, 0.29) is 11.9 Å². The first-order valence-corrected chi connectivity index (χ1v) is 7.57. The zero-order valence-corrected chi connectivity index (χ0v) is 13.1. The van der Waals surface area contributed by atoms with Gasteiger partial charge in [0.2, 0.25) is 0 Å². The van der Waals surface area contributed by atoms with Crippen LogP contribution in [0.4, 0.5) is 4.39 Å². The average Bonchev–Trinajstić information content (AvgIpc) is 2.89. The van der Waals surface area contributed by atoms with Gasteiger partial charge in [0.15, 0.2) is 0 Å². The molecule has 0 aliphatic rings. The van der Waals surface area contributed by atoms with Gasteiger partial charge >= 0.3 is 0 Å². The van der Waals surface area contributed by atoms with Crippen molar-refractivity contribution >= 4 is 11.3 Å². The molecule has 0 saturated carbocycles. The lowest BCUT2D eigenvalue weighted by Gasteiger charge is -2.20. The second-order valence-corrected chi connectivity index (χ2v) is 5.76. The van der Waals surface area contributed by atoms with E-state index >= 15 is 0 Å². The van der Waals surface area contributed by atoms with Crippen molar-refractivity contribution in [2.45, 2.75) is 26.8 Å². The second kappa shape index (κ2) is 6.37. The fourth-order valence-electron chi connectivity index (χ4n) is 2.40. The van der Waals surface area contributed by atoms with E-state index in [1.54, 1.807) is 32.3 Å². The summed E-state index contributed by atoms with van der Waals surface area (Å²) in [7, 11) is 1.68. The van der Waals surface area contributed by atoms with Gasteiger partial charge < -0.3 is 10.1 Å². The molecule has 0 radical (unpaired) electrons. The summed E-state index contributed by atoms with van der Waals surface area (Å²) in [6.45, 7) is 6.51. The maximum atomic E-state index is 13.8. The molecule has 1 unspecified atom stereocenters. The Hall–Kier alpha value is -1.39. The molecule has 0 aliphatic carbocycles. The molecule has 1 N–H and O–H groups in total. The van der Waals surface area contributed by atoms with Crippen LogP contribution in [0.2, 0.25) is 0 Å². The Morgan fingerprint density at radius 2 is 1.95 bits per heavy atom. The van der Waals surface area contributed by atoms with Crippen LogP contribution >= 0.6 is 11.3 Å². The van der Waals surface area contributed by atoms with Gasteiger partial charge in [0.25, 0.3) is 0 Å². The third kappa shape index (κ3) is 2.86. The Bertz CT molecular complexity index is 571. The van der Waals surface area contributed by atoms with Gasteiger partial charge in [-0.25, -0.2) is 4.39 Å². The molecule has 2 nitrogen and oxygen atoms in total. The summed E-state index contributed by atoms with van der Waals surface area (Å²) in [6.07, 6.45) is 0. The number of thiophene rings is 1. The normalized spacial score (nSPS) is 12.4. The Kier molecular flexibility index (Phi) is 4.78. The molecular formula is C16H20FNOS. The standard InChI is InChI=1S/C16H20FNOS/c1-5-18-15(16-13(19-4)6-7-20-16)12-8-10(2)14(17)11(3)9-12/h6-9,15,18H,5H2,1-4H3. The zero-order chi connectivity index (χ0) is 14.7. The number of nitrogens with one attached hydrogen (secondary N) is 1. The van der Waals surface area contributed by atoms with Gasteiger partial charge in [0.1, 0.15) is 11.6 Å². The summed E-state index contributed by atoms with van der Waals surface area (Å²) in [4.78, 5) is 1.12. The van der Waals surface area contributed by atoms with Crippen LogP contribution in [0, 0.1) is 19.7 Å². The lowest BCUT2D eigenvalue weighted by molar-refractivity contribution is 0.408. The van der Waals surface area contributed by atoms with Crippen molar-refractivity contribution < 1.29 is 9.13 Å². The van der Waals surface area contributed by atoms with Crippen LogP contribution in [-0.2, 0) is 0 Å². The van der Waals surface area contributed by atoms with Gasteiger partial charge in [-0.2, -0.15) is 0 Å². The van der Waals surface area contributed by atoms with E-state index in [4.69, 9.17) is 4.74 Å². The van der Waals surface area contributed by atoms with Crippen LogP contribution in [0.1, 0.15) is 34.5 Å². The number of benzene rings is 1. The molecule has 108 valence electrons. The predicted octanol–water partition coefficient (Wildman–Crippen LogP) is 4.21. The summed E-state index contributed by atoms with van der Waals surface area (Å²) < 4.78 is 19.2. The molecule has 0 fully saturated rings. The first-order chi connectivity index (χ1) is 9.58. The van der Waals surface area contributed by atoms with E-state index in [0.717, 1.165) is 22.7 Å². The van der Waals surface area contributed by atoms with Gasteiger partial charge in [-0.05, 0) is 48.5 Å². The van der Waals surface area contributed by atoms with Crippen LogP contribution in [0.25, 0.3) is 0 Å². The molecule has 0 aliphatic heterocycles. The molecule has 0 spiro atoms. The summed E-state index contributed by atoms with van der Waals surface area (Å²) in [6, 6.07) is 5.82. The number of methoxy groups -OCH3 is 1. The Labute approximate surface area is 123 Å². The van der Waals surface area contributed by atoms with Crippen molar-refractivity contribution in [1.82, 2.24) is 5.32 Å². The highest BCUT2D eigenvalue weighted by Crippen LogP contribution is 2.35. The number of ether oxygens (including phenoxy) is 1. The van der Waals surface area contributed by atoms with Crippen molar-refractivity contribution in [3.8, 4) is 5.75 Å². The van der Waals surface area contributed by atoms with E-state index in [1.165, 1.54) is 0 Å². The molecule has 2 rings (SSSR count). The summed E-state index contributed by atoms with van der Waals surface area (Å²) in [5, 5.41) is 5.47. The molecule has 1 atom stereocenters. The molecule has 1 aromatic heterocycles. The molecule has 1 aromatic carbocycles. The van der Waals surface area contributed by atoms with Gasteiger partial charge in [-0.1, -0.05) is 19.1 Å². The van der Waals surface area contributed by atoms with Crippen molar-refractivity contribution in [3.05, 3.63) is 51.0 Å². The lowest BCUT2D eigenvalue weighted by atomic mass is 9.99. The van der Waals surface area contributed by atoms with Crippen LogP contribution in [0.15, 0.2) is 23.6 Å². The van der Waals surface area contributed by atoms with E-state index in [1.807, 2.05) is 23.6 Å². The van der Waals surface area contributed by atoms with Crippen molar-refractivity contribution in [3.63, 3.8) is 0 Å². The minimum atomic E-state index is -0.123. The van der Waals surface area contributed by atoms with Gasteiger partial charge in [-0.15, -0.1) is 11.3 Å². The minimum Gasteiger partial charge on any atom is -0.496 e. The third-order valence-electron chi connectivity index (χ3n) is 3.34. The van der Waals surface area contributed by atoms with Crippen molar-refractivity contribution in [2.24, 2.45) is 0 Å². The minimum absolute atomic E-state index is 0.0351. The molecule has 0 bridgehead atoms. The first kappa shape index (κ1) is 15.0. The first-order valence-electron chi connectivity index (χ1n) is 6.69. The number of aryl methyl sites for hydroxylation is 2. The van der Waals surface area contributed by atoms with Crippen LogP contribution in [-0.4, -0.2) is 13.7 Å². The molecule has 4 heteroatoms. The van der Waals surface area contributed by atoms with Crippen molar-refractivity contribution in [2.75, 3.05) is 13.7 Å². The summed E-state index contributed by atoms with van der Waals surface area (Å²) in [5.41, 5.74) is 2.43. The topological polar surface area (TPSA) is 21.3 Å². The Morgan fingerprint density at radius 1 is 1.30 bits per heavy atom. The van der Waals surface area contributed by atoms with Crippen LogP contribution in [0.5, 0.6) is 5.75 Å². The molecule has 0 amide bonds. The number of rotatable bonds is 5. The molecule has 1 heterocycles. The van der Waals surface area contributed by atoms with E-state index in [0.29, 0.717) is 11.1 Å². The Balaban J connectivity index is 2.48. The number of halogens is 1. The molecule has 2 aromatic rings. The predicted molar refractivity (Wildman–Crippen MR) is 82.3 cm³/mol. The smallest absolute Gasteiger partial charge is 0.134 e.